The van der Waals surface area contributed by atoms with Gasteiger partial charge in [0.05, 0.1) is 33.1 Å². The van der Waals surface area contributed by atoms with Gasteiger partial charge in [-0.25, -0.2) is 0 Å². The first-order valence-corrected chi connectivity index (χ1v) is 12.8. The fraction of sp³-hybridized carbons (Fsp3) is 0.483. The molecule has 0 aliphatic heterocycles. The molecule has 0 saturated carbocycles. The summed E-state index contributed by atoms with van der Waals surface area (Å²) in [5.74, 6) is 0.593. The average molecular weight is 527 g/mol. The molecule has 2 aromatic rings. The van der Waals surface area contributed by atoms with Crippen LogP contribution >= 0.6 is 0 Å². The SMILES string of the molecule is COc1cc2c(c(OC)c1OC)-c1ccc(NCC(CC(=O)O)CC(C)C)c(=O)cc1C(NC(C)=O)CC2. The van der Waals surface area contributed by atoms with Crippen LogP contribution in [0.3, 0.4) is 0 Å². The zero-order valence-electron chi connectivity index (χ0n) is 23.0. The van der Waals surface area contributed by atoms with Crippen LogP contribution in [0, 0.1) is 11.8 Å². The van der Waals surface area contributed by atoms with E-state index in [1.165, 1.54) is 14.0 Å². The molecule has 0 spiro atoms. The molecule has 0 saturated heterocycles. The molecule has 206 valence electrons. The van der Waals surface area contributed by atoms with Crippen LogP contribution in [0.2, 0.25) is 0 Å². The van der Waals surface area contributed by atoms with Crippen molar-refractivity contribution in [3.8, 4) is 28.4 Å². The Kier molecular flexibility index (Phi) is 9.61. The molecule has 2 atom stereocenters. The molecule has 1 aliphatic carbocycles. The van der Waals surface area contributed by atoms with Gasteiger partial charge >= 0.3 is 5.97 Å². The van der Waals surface area contributed by atoms with Crippen LogP contribution in [-0.4, -0.2) is 44.9 Å². The molecule has 0 heterocycles. The number of methoxy groups -OCH3 is 3. The third-order valence-corrected chi connectivity index (χ3v) is 6.77. The fourth-order valence-electron chi connectivity index (χ4n) is 5.26. The van der Waals surface area contributed by atoms with Crippen molar-refractivity contribution in [2.75, 3.05) is 33.2 Å². The van der Waals surface area contributed by atoms with Gasteiger partial charge in [0.2, 0.25) is 17.1 Å². The molecular formula is C29H38N2O7. The van der Waals surface area contributed by atoms with Gasteiger partial charge in [-0.15, -0.1) is 0 Å². The Morgan fingerprint density at radius 1 is 1.08 bits per heavy atom. The Bertz CT molecular complexity index is 1240. The van der Waals surface area contributed by atoms with Gasteiger partial charge in [-0.1, -0.05) is 19.9 Å². The number of ether oxygens (including phenoxy) is 3. The van der Waals surface area contributed by atoms with Gasteiger partial charge in [0.15, 0.2) is 11.5 Å². The number of anilines is 1. The molecule has 0 radical (unpaired) electrons. The average Bonchev–Trinajstić information content (AvgIpc) is 3.09. The van der Waals surface area contributed by atoms with E-state index in [4.69, 9.17) is 14.2 Å². The van der Waals surface area contributed by atoms with Crippen LogP contribution in [-0.2, 0) is 16.0 Å². The second-order valence-corrected chi connectivity index (χ2v) is 10.1. The number of hydrogen-bond acceptors (Lipinski definition) is 7. The van der Waals surface area contributed by atoms with Gasteiger partial charge in [-0.05, 0) is 66.0 Å². The highest BCUT2D eigenvalue weighted by Crippen LogP contribution is 2.50. The van der Waals surface area contributed by atoms with Crippen LogP contribution in [0.1, 0.15) is 57.2 Å². The van der Waals surface area contributed by atoms with Crippen LogP contribution in [0.4, 0.5) is 5.69 Å². The van der Waals surface area contributed by atoms with Crippen molar-refractivity contribution in [3.63, 3.8) is 0 Å². The van der Waals surface area contributed by atoms with Crippen molar-refractivity contribution in [1.29, 1.82) is 0 Å². The maximum Gasteiger partial charge on any atom is 0.303 e. The third-order valence-electron chi connectivity index (χ3n) is 6.77. The molecule has 9 nitrogen and oxygen atoms in total. The van der Waals surface area contributed by atoms with E-state index < -0.39 is 12.0 Å². The van der Waals surface area contributed by atoms with E-state index in [-0.39, 0.29) is 23.7 Å². The highest BCUT2D eigenvalue weighted by atomic mass is 16.5. The van der Waals surface area contributed by atoms with Gasteiger partial charge in [0, 0.05) is 25.5 Å². The fourth-order valence-corrected chi connectivity index (χ4v) is 5.26. The van der Waals surface area contributed by atoms with E-state index in [2.05, 4.69) is 10.6 Å². The second kappa shape index (κ2) is 12.7. The number of nitrogens with one attached hydrogen (secondary N) is 2. The van der Waals surface area contributed by atoms with E-state index in [9.17, 15) is 19.5 Å². The number of hydrogen-bond donors (Lipinski definition) is 3. The number of carboxylic acid groups (broad SMARTS) is 1. The maximum atomic E-state index is 13.4. The van der Waals surface area contributed by atoms with Crippen molar-refractivity contribution in [3.05, 3.63) is 45.6 Å². The van der Waals surface area contributed by atoms with E-state index in [0.717, 1.165) is 23.1 Å². The summed E-state index contributed by atoms with van der Waals surface area (Å²) in [6.07, 6.45) is 1.92. The molecule has 2 unspecified atom stereocenters. The normalized spacial score (nSPS) is 15.0. The highest BCUT2D eigenvalue weighted by molar-refractivity contribution is 5.83. The first-order valence-electron chi connectivity index (χ1n) is 12.8. The largest absolute Gasteiger partial charge is 0.493 e. The smallest absolute Gasteiger partial charge is 0.303 e. The van der Waals surface area contributed by atoms with Crippen LogP contribution < -0.4 is 30.3 Å². The summed E-state index contributed by atoms with van der Waals surface area (Å²) in [5, 5.41) is 15.5. The predicted octanol–water partition coefficient (Wildman–Crippen LogP) is 4.41. The third kappa shape index (κ3) is 6.57. The zero-order chi connectivity index (χ0) is 28.0. The Morgan fingerprint density at radius 2 is 1.79 bits per heavy atom. The minimum absolute atomic E-state index is 0.0195. The molecule has 0 fully saturated rings. The van der Waals surface area contributed by atoms with E-state index in [1.54, 1.807) is 26.4 Å². The van der Waals surface area contributed by atoms with Gasteiger partial charge in [0.25, 0.3) is 0 Å². The van der Waals surface area contributed by atoms with E-state index >= 15 is 0 Å². The monoisotopic (exact) mass is 526 g/mol. The first-order chi connectivity index (χ1) is 18.1. The first kappa shape index (κ1) is 28.8. The summed E-state index contributed by atoms with van der Waals surface area (Å²) in [6.45, 7) is 5.90. The lowest BCUT2D eigenvalue weighted by atomic mass is 9.94. The number of carboxylic acids is 1. The standard InChI is InChI=1S/C29H38N2O7/c1-16(2)11-18(12-26(34)35)15-30-23-10-8-20-21(14-24(23)33)22(31-17(3)32)9-7-19-13-25(36-4)28(37-5)29(38-6)27(19)20/h8,10,13-14,16,18,22H,7,9,11-12,15H2,1-6H3,(H,30,33)(H,31,32)(H,34,35). The van der Waals surface area contributed by atoms with Crippen molar-refractivity contribution >= 4 is 17.6 Å². The molecule has 3 N–H and O–H groups in total. The predicted molar refractivity (Wildman–Crippen MR) is 146 cm³/mol. The summed E-state index contributed by atoms with van der Waals surface area (Å²) in [7, 11) is 4.66. The van der Waals surface area contributed by atoms with Crippen molar-refractivity contribution in [2.24, 2.45) is 11.8 Å². The molecule has 2 aromatic carbocycles. The topological polar surface area (TPSA) is 123 Å². The number of aryl methyl sites for hydroxylation is 1. The molecule has 0 aromatic heterocycles. The second-order valence-electron chi connectivity index (χ2n) is 10.1. The van der Waals surface area contributed by atoms with Crippen LogP contribution in [0.5, 0.6) is 17.2 Å². The van der Waals surface area contributed by atoms with Crippen LogP contribution in [0.25, 0.3) is 11.1 Å². The molecule has 1 aliphatic rings. The lowest BCUT2D eigenvalue weighted by Crippen LogP contribution is -2.26. The highest BCUT2D eigenvalue weighted by Gasteiger charge is 2.29. The number of amides is 1. The number of carbonyl (C=O) groups excluding carboxylic acids is 1. The molecule has 0 bridgehead atoms. The molecular weight excluding hydrogens is 488 g/mol. The van der Waals surface area contributed by atoms with E-state index in [1.807, 2.05) is 26.0 Å². The lowest BCUT2D eigenvalue weighted by Gasteiger charge is -2.19. The van der Waals surface area contributed by atoms with Crippen molar-refractivity contribution in [1.82, 2.24) is 5.32 Å². The lowest BCUT2D eigenvalue weighted by molar-refractivity contribution is -0.138. The maximum absolute atomic E-state index is 13.4. The number of carbonyl (C=O) groups is 2. The minimum Gasteiger partial charge on any atom is -0.493 e. The number of rotatable bonds is 11. The van der Waals surface area contributed by atoms with Gasteiger partial charge < -0.3 is 30.0 Å². The molecule has 3 rings (SSSR count). The summed E-state index contributed by atoms with van der Waals surface area (Å²) in [6, 6.07) is 6.62. The molecule has 1 amide bonds. The number of benzene rings is 1. The zero-order valence-corrected chi connectivity index (χ0v) is 23.0. The summed E-state index contributed by atoms with van der Waals surface area (Å²) < 4.78 is 17.0. The van der Waals surface area contributed by atoms with Crippen LogP contribution in [0.15, 0.2) is 29.1 Å². The molecule has 38 heavy (non-hydrogen) atoms. The summed E-state index contributed by atoms with van der Waals surface area (Å²) in [4.78, 5) is 36.9. The van der Waals surface area contributed by atoms with Gasteiger partial charge in [-0.3, -0.25) is 14.4 Å². The Labute approximate surface area is 223 Å². The van der Waals surface area contributed by atoms with E-state index in [0.29, 0.717) is 53.8 Å². The minimum atomic E-state index is -0.864. The van der Waals surface area contributed by atoms with Crippen molar-refractivity contribution < 1.29 is 28.9 Å². The Morgan fingerprint density at radius 3 is 2.37 bits per heavy atom. The number of fused-ring (bicyclic) bond motifs is 3. The molecule has 9 heteroatoms. The quantitative estimate of drug-likeness (QED) is 0.393. The van der Waals surface area contributed by atoms with Gasteiger partial charge in [-0.2, -0.15) is 0 Å². The van der Waals surface area contributed by atoms with Gasteiger partial charge in [0.1, 0.15) is 0 Å². The van der Waals surface area contributed by atoms with Crippen molar-refractivity contribution in [2.45, 2.75) is 52.5 Å². The number of aliphatic carboxylic acids is 1. The summed E-state index contributed by atoms with van der Waals surface area (Å²) in [5.41, 5.74) is 3.25. The Balaban J connectivity index is 2.18. The Hall–Kier alpha value is -3.75. The summed E-state index contributed by atoms with van der Waals surface area (Å²) >= 11 is 0.